The van der Waals surface area contributed by atoms with Gasteiger partial charge in [0.05, 0.1) is 6.61 Å². The minimum Gasteiger partial charge on any atom is -0.321 e. The molecule has 0 radical (unpaired) electrons. The third-order valence-electron chi connectivity index (χ3n) is 2.50. The van der Waals surface area contributed by atoms with Crippen molar-refractivity contribution in [2.75, 3.05) is 6.61 Å². The molecule has 1 aromatic rings. The first-order valence-corrected chi connectivity index (χ1v) is 8.15. The maximum atomic E-state index is 11.7. The zero-order valence-corrected chi connectivity index (χ0v) is 12.1. The van der Waals surface area contributed by atoms with Gasteiger partial charge in [0.1, 0.15) is 0 Å². The van der Waals surface area contributed by atoms with Crippen LogP contribution in [0.2, 0.25) is 0 Å². The molecule has 1 aromatic carbocycles. The molecule has 0 fully saturated rings. The largest absolute Gasteiger partial charge is 0.351 e. The second-order valence-corrected chi connectivity index (χ2v) is 5.88. The predicted molar refractivity (Wildman–Crippen MR) is 79.9 cm³/mol. The van der Waals surface area contributed by atoms with E-state index in [4.69, 9.17) is 4.52 Å². The summed E-state index contributed by atoms with van der Waals surface area (Å²) < 4.78 is 16.7. The lowest BCUT2D eigenvalue weighted by atomic mass is 10.2. The summed E-state index contributed by atoms with van der Waals surface area (Å²) in [6.45, 7) is 2.29. The summed E-state index contributed by atoms with van der Waals surface area (Å²) in [6.07, 6.45) is 8.61. The van der Waals surface area contributed by atoms with E-state index in [1.807, 2.05) is 36.4 Å². The molecule has 1 N–H and O–H groups in total. The molecule has 0 aromatic heterocycles. The monoisotopic (exact) mass is 280 g/mol. The Morgan fingerprint density at radius 3 is 2.68 bits per heavy atom. The molecule has 19 heavy (non-hydrogen) atoms. The van der Waals surface area contributed by atoms with Crippen molar-refractivity contribution < 1.29 is 14.0 Å². The standard InChI is InChI=1S/C15H21O3P/c1-2-3-4-5-9-13-18-19(16,17)14-12-15-10-7-6-8-11-15/h5-12,14H,2-4,13H2,1H3,(H,16,17). The van der Waals surface area contributed by atoms with Gasteiger partial charge in [-0.1, -0.05) is 62.2 Å². The van der Waals surface area contributed by atoms with E-state index in [1.165, 1.54) is 5.82 Å². The number of allylic oxidation sites excluding steroid dienone is 1. The van der Waals surface area contributed by atoms with Gasteiger partial charge in [-0.3, -0.25) is 4.57 Å². The van der Waals surface area contributed by atoms with Crippen molar-refractivity contribution in [1.29, 1.82) is 0 Å². The Labute approximate surface area is 115 Å². The van der Waals surface area contributed by atoms with Gasteiger partial charge >= 0.3 is 7.60 Å². The van der Waals surface area contributed by atoms with E-state index in [1.54, 1.807) is 12.2 Å². The zero-order valence-electron chi connectivity index (χ0n) is 11.2. The first kappa shape index (κ1) is 15.9. The van der Waals surface area contributed by atoms with E-state index in [0.717, 1.165) is 24.8 Å². The van der Waals surface area contributed by atoms with E-state index in [-0.39, 0.29) is 6.61 Å². The summed E-state index contributed by atoms with van der Waals surface area (Å²) in [7, 11) is -3.65. The smallest absolute Gasteiger partial charge is 0.321 e. The van der Waals surface area contributed by atoms with Crippen LogP contribution < -0.4 is 0 Å². The van der Waals surface area contributed by atoms with Gasteiger partial charge in [0.25, 0.3) is 0 Å². The van der Waals surface area contributed by atoms with Crippen molar-refractivity contribution >= 4 is 13.7 Å². The van der Waals surface area contributed by atoms with Crippen molar-refractivity contribution in [1.82, 2.24) is 0 Å². The lowest BCUT2D eigenvalue weighted by molar-refractivity contribution is 0.297. The first-order valence-electron chi connectivity index (χ1n) is 6.50. The Bertz CT molecular complexity index is 452. The molecule has 104 valence electrons. The quantitative estimate of drug-likeness (QED) is 0.430. The molecule has 0 spiro atoms. The summed E-state index contributed by atoms with van der Waals surface area (Å²) in [6, 6.07) is 9.37. The number of benzene rings is 1. The van der Waals surface area contributed by atoms with Crippen LogP contribution in [-0.4, -0.2) is 11.5 Å². The number of hydrogen-bond acceptors (Lipinski definition) is 2. The lowest BCUT2D eigenvalue weighted by Gasteiger charge is -2.05. The molecule has 0 aliphatic heterocycles. The summed E-state index contributed by atoms with van der Waals surface area (Å²) >= 11 is 0. The maximum Gasteiger partial charge on any atom is 0.351 e. The lowest BCUT2D eigenvalue weighted by Crippen LogP contribution is -1.87. The molecule has 0 saturated carbocycles. The van der Waals surface area contributed by atoms with Crippen molar-refractivity contribution in [2.45, 2.75) is 26.2 Å². The molecule has 0 aliphatic rings. The predicted octanol–water partition coefficient (Wildman–Crippen LogP) is 4.61. The summed E-state index contributed by atoms with van der Waals surface area (Å²) in [5.41, 5.74) is 0.874. The molecular weight excluding hydrogens is 259 g/mol. The molecule has 4 heteroatoms. The van der Waals surface area contributed by atoms with Crippen LogP contribution in [0.4, 0.5) is 0 Å². The summed E-state index contributed by atoms with van der Waals surface area (Å²) in [4.78, 5) is 9.59. The fraction of sp³-hybridized carbons (Fsp3) is 0.333. The minimum atomic E-state index is -3.65. The Kier molecular flexibility index (Phi) is 7.42. The van der Waals surface area contributed by atoms with Gasteiger partial charge in [-0.15, -0.1) is 0 Å². The topological polar surface area (TPSA) is 46.5 Å². The second kappa shape index (κ2) is 8.87. The van der Waals surface area contributed by atoms with Gasteiger partial charge in [-0.2, -0.15) is 0 Å². The van der Waals surface area contributed by atoms with Crippen LogP contribution in [0.3, 0.4) is 0 Å². The van der Waals surface area contributed by atoms with E-state index in [9.17, 15) is 9.46 Å². The highest BCUT2D eigenvalue weighted by atomic mass is 31.2. The van der Waals surface area contributed by atoms with E-state index < -0.39 is 7.60 Å². The van der Waals surface area contributed by atoms with Gasteiger partial charge in [0.15, 0.2) is 0 Å². The Balaban J connectivity index is 2.37. The van der Waals surface area contributed by atoms with Gasteiger partial charge in [0.2, 0.25) is 0 Å². The van der Waals surface area contributed by atoms with Crippen LogP contribution in [0.25, 0.3) is 6.08 Å². The van der Waals surface area contributed by atoms with Gasteiger partial charge < -0.3 is 9.42 Å². The SMILES string of the molecule is CCCCC=CCOP(=O)(O)C=Cc1ccccc1. The molecule has 1 atom stereocenters. The molecule has 0 amide bonds. The average molecular weight is 280 g/mol. The molecule has 3 nitrogen and oxygen atoms in total. The van der Waals surface area contributed by atoms with Gasteiger partial charge in [-0.05, 0) is 18.1 Å². The highest BCUT2D eigenvalue weighted by Gasteiger charge is 2.12. The molecule has 0 bridgehead atoms. The maximum absolute atomic E-state index is 11.7. The van der Waals surface area contributed by atoms with Crippen LogP contribution in [-0.2, 0) is 9.09 Å². The van der Waals surface area contributed by atoms with Crippen LogP contribution in [0.1, 0.15) is 31.7 Å². The third-order valence-corrected chi connectivity index (χ3v) is 3.55. The van der Waals surface area contributed by atoms with E-state index >= 15 is 0 Å². The first-order chi connectivity index (χ1) is 9.14. The fourth-order valence-electron chi connectivity index (χ4n) is 1.45. The number of hydrogen-bond donors (Lipinski definition) is 1. The Morgan fingerprint density at radius 1 is 1.26 bits per heavy atom. The molecule has 0 heterocycles. The van der Waals surface area contributed by atoms with Crippen molar-refractivity contribution in [3.05, 3.63) is 53.9 Å². The van der Waals surface area contributed by atoms with Crippen LogP contribution >= 0.6 is 7.60 Å². The van der Waals surface area contributed by atoms with E-state index in [2.05, 4.69) is 6.92 Å². The van der Waals surface area contributed by atoms with Gasteiger partial charge in [0, 0.05) is 5.82 Å². The minimum absolute atomic E-state index is 0.163. The fourth-order valence-corrected chi connectivity index (χ4v) is 2.19. The normalized spacial score (nSPS) is 15.1. The molecule has 1 unspecified atom stereocenters. The highest BCUT2D eigenvalue weighted by Crippen LogP contribution is 2.43. The second-order valence-electron chi connectivity index (χ2n) is 4.20. The van der Waals surface area contributed by atoms with Gasteiger partial charge in [-0.25, -0.2) is 0 Å². The third kappa shape index (κ3) is 7.78. The molecular formula is C15H21O3P. The Morgan fingerprint density at radius 2 is 2.00 bits per heavy atom. The molecule has 1 rings (SSSR count). The van der Waals surface area contributed by atoms with Crippen molar-refractivity contribution in [3.8, 4) is 0 Å². The summed E-state index contributed by atoms with van der Waals surface area (Å²) in [5, 5.41) is 0. The molecule has 0 aliphatic carbocycles. The Hall–Kier alpha value is -1.15. The van der Waals surface area contributed by atoms with Crippen molar-refractivity contribution in [2.24, 2.45) is 0 Å². The molecule has 0 saturated heterocycles. The number of unbranched alkanes of at least 4 members (excludes halogenated alkanes) is 2. The van der Waals surface area contributed by atoms with E-state index in [0.29, 0.717) is 0 Å². The van der Waals surface area contributed by atoms with Crippen LogP contribution in [0.5, 0.6) is 0 Å². The van der Waals surface area contributed by atoms with Crippen molar-refractivity contribution in [3.63, 3.8) is 0 Å². The van der Waals surface area contributed by atoms with Crippen LogP contribution in [0.15, 0.2) is 48.3 Å². The highest BCUT2D eigenvalue weighted by molar-refractivity contribution is 7.56. The average Bonchev–Trinajstić information content (AvgIpc) is 2.42. The van der Waals surface area contributed by atoms with Crippen LogP contribution in [0, 0.1) is 0 Å². The summed E-state index contributed by atoms with van der Waals surface area (Å²) in [5.74, 6) is 1.22. The number of rotatable bonds is 8. The zero-order chi connectivity index (χ0) is 14.0.